The number of aliphatic hydroxyl groups is 1. The second-order valence-electron chi connectivity index (χ2n) is 7.00. The van der Waals surface area contributed by atoms with E-state index in [1.165, 1.54) is 12.1 Å². The number of aliphatic hydroxyl groups excluding tert-OH is 1. The number of nitrogens with zero attached hydrogens (tertiary/aromatic N) is 1. The lowest BCUT2D eigenvalue weighted by Crippen LogP contribution is -2.29. The van der Waals surface area contributed by atoms with Crippen molar-refractivity contribution in [2.45, 2.75) is 19.5 Å². The molecule has 4 heteroatoms. The SMILES string of the molecule is Cc1ccc(C2=C(O)C(=O)N(Cc3ccccc3)[C@@H]2c2ccc(F)cc2)cc1. The van der Waals surface area contributed by atoms with E-state index in [9.17, 15) is 14.3 Å². The van der Waals surface area contributed by atoms with Crippen LogP contribution in [0.25, 0.3) is 5.57 Å². The van der Waals surface area contributed by atoms with Gasteiger partial charge in [-0.25, -0.2) is 4.39 Å². The molecule has 1 aliphatic heterocycles. The van der Waals surface area contributed by atoms with Crippen molar-refractivity contribution in [3.05, 3.63) is 113 Å². The Hall–Kier alpha value is -3.40. The van der Waals surface area contributed by atoms with E-state index in [0.717, 1.165) is 22.3 Å². The summed E-state index contributed by atoms with van der Waals surface area (Å²) in [6, 6.07) is 22.9. The van der Waals surface area contributed by atoms with Gasteiger partial charge in [-0.2, -0.15) is 0 Å². The van der Waals surface area contributed by atoms with Gasteiger partial charge in [-0.1, -0.05) is 72.3 Å². The molecule has 0 radical (unpaired) electrons. The van der Waals surface area contributed by atoms with Crippen LogP contribution in [0, 0.1) is 12.7 Å². The van der Waals surface area contributed by atoms with E-state index in [1.54, 1.807) is 17.0 Å². The van der Waals surface area contributed by atoms with Crippen LogP contribution in [-0.2, 0) is 11.3 Å². The molecule has 0 unspecified atom stereocenters. The molecular formula is C24H20FNO2. The van der Waals surface area contributed by atoms with Gasteiger partial charge in [0.05, 0.1) is 6.04 Å². The first-order valence-corrected chi connectivity index (χ1v) is 9.15. The fourth-order valence-corrected chi connectivity index (χ4v) is 3.62. The fourth-order valence-electron chi connectivity index (χ4n) is 3.62. The first-order valence-electron chi connectivity index (χ1n) is 9.15. The van der Waals surface area contributed by atoms with Crippen molar-refractivity contribution in [2.24, 2.45) is 0 Å². The molecule has 0 saturated carbocycles. The largest absolute Gasteiger partial charge is 0.503 e. The van der Waals surface area contributed by atoms with E-state index in [-0.39, 0.29) is 11.6 Å². The molecule has 3 aromatic carbocycles. The predicted molar refractivity (Wildman–Crippen MR) is 107 cm³/mol. The van der Waals surface area contributed by atoms with Gasteiger partial charge in [0.15, 0.2) is 5.76 Å². The minimum absolute atomic E-state index is 0.255. The van der Waals surface area contributed by atoms with Gasteiger partial charge >= 0.3 is 0 Å². The van der Waals surface area contributed by atoms with E-state index >= 15 is 0 Å². The zero-order chi connectivity index (χ0) is 19.7. The number of carbonyl (C=O) groups excluding carboxylic acids is 1. The molecular weight excluding hydrogens is 353 g/mol. The highest BCUT2D eigenvalue weighted by Crippen LogP contribution is 2.43. The molecule has 3 aromatic rings. The Bertz CT molecular complexity index is 1020. The Morgan fingerprint density at radius 1 is 0.929 bits per heavy atom. The Morgan fingerprint density at radius 3 is 2.21 bits per heavy atom. The molecule has 0 bridgehead atoms. The Kier molecular flexibility index (Phi) is 4.70. The molecule has 28 heavy (non-hydrogen) atoms. The molecule has 4 rings (SSSR count). The molecule has 1 atom stereocenters. The summed E-state index contributed by atoms with van der Waals surface area (Å²) in [5.74, 6) is -1.02. The maximum absolute atomic E-state index is 13.5. The normalized spacial score (nSPS) is 16.7. The van der Waals surface area contributed by atoms with Gasteiger partial charge < -0.3 is 10.0 Å². The van der Waals surface area contributed by atoms with Crippen LogP contribution in [0.5, 0.6) is 0 Å². The molecule has 1 N–H and O–H groups in total. The smallest absolute Gasteiger partial charge is 0.290 e. The third kappa shape index (κ3) is 3.29. The van der Waals surface area contributed by atoms with Crippen molar-refractivity contribution < 1.29 is 14.3 Å². The first-order chi connectivity index (χ1) is 13.5. The maximum Gasteiger partial charge on any atom is 0.290 e. The van der Waals surface area contributed by atoms with E-state index in [2.05, 4.69) is 0 Å². The summed E-state index contributed by atoms with van der Waals surface area (Å²) in [4.78, 5) is 14.6. The van der Waals surface area contributed by atoms with Crippen molar-refractivity contribution in [1.29, 1.82) is 0 Å². The van der Waals surface area contributed by atoms with E-state index < -0.39 is 11.9 Å². The number of hydrogen-bond acceptors (Lipinski definition) is 2. The standard InChI is InChI=1S/C24H20FNO2/c1-16-7-9-18(10-8-16)21-22(19-11-13-20(25)14-12-19)26(24(28)23(21)27)15-17-5-3-2-4-6-17/h2-14,22,27H,15H2,1H3/t22-/m1/s1. The summed E-state index contributed by atoms with van der Waals surface area (Å²) in [7, 11) is 0. The molecule has 0 aromatic heterocycles. The van der Waals surface area contributed by atoms with Crippen molar-refractivity contribution in [3.8, 4) is 0 Å². The van der Waals surface area contributed by atoms with Gasteiger partial charge in [-0.05, 0) is 35.7 Å². The Morgan fingerprint density at radius 2 is 1.57 bits per heavy atom. The molecule has 140 valence electrons. The first kappa shape index (κ1) is 18.0. The number of benzene rings is 3. The van der Waals surface area contributed by atoms with Gasteiger partial charge in [-0.15, -0.1) is 0 Å². The fraction of sp³-hybridized carbons (Fsp3) is 0.125. The number of halogens is 1. The Balaban J connectivity index is 1.81. The second-order valence-corrected chi connectivity index (χ2v) is 7.00. The molecule has 0 saturated heterocycles. The molecule has 0 fully saturated rings. The van der Waals surface area contributed by atoms with Gasteiger partial charge in [0.25, 0.3) is 5.91 Å². The number of aryl methyl sites for hydroxylation is 1. The number of amides is 1. The molecule has 1 amide bonds. The van der Waals surface area contributed by atoms with Crippen LogP contribution in [0.3, 0.4) is 0 Å². The van der Waals surface area contributed by atoms with Crippen molar-refractivity contribution >= 4 is 11.5 Å². The van der Waals surface area contributed by atoms with Gasteiger partial charge in [0.1, 0.15) is 5.82 Å². The molecule has 3 nitrogen and oxygen atoms in total. The van der Waals surface area contributed by atoms with Crippen LogP contribution >= 0.6 is 0 Å². The highest BCUT2D eigenvalue weighted by atomic mass is 19.1. The molecule has 0 aliphatic carbocycles. The minimum atomic E-state index is -0.490. The number of rotatable bonds is 4. The van der Waals surface area contributed by atoms with Gasteiger partial charge in [0.2, 0.25) is 0 Å². The lowest BCUT2D eigenvalue weighted by atomic mass is 9.93. The van der Waals surface area contributed by atoms with Gasteiger partial charge in [-0.3, -0.25) is 4.79 Å². The monoisotopic (exact) mass is 373 g/mol. The second kappa shape index (κ2) is 7.31. The molecule has 0 spiro atoms. The molecule has 1 heterocycles. The summed E-state index contributed by atoms with van der Waals surface area (Å²) in [6.07, 6.45) is 0. The average Bonchev–Trinajstić information content (AvgIpc) is 2.95. The summed E-state index contributed by atoms with van der Waals surface area (Å²) < 4.78 is 13.5. The minimum Gasteiger partial charge on any atom is -0.503 e. The third-order valence-corrected chi connectivity index (χ3v) is 5.05. The van der Waals surface area contributed by atoms with Crippen molar-refractivity contribution in [2.75, 3.05) is 0 Å². The van der Waals surface area contributed by atoms with Crippen LogP contribution in [-0.4, -0.2) is 15.9 Å². The lowest BCUT2D eigenvalue weighted by Gasteiger charge is -2.27. The number of carbonyl (C=O) groups is 1. The highest BCUT2D eigenvalue weighted by molar-refractivity contribution is 6.05. The average molecular weight is 373 g/mol. The topological polar surface area (TPSA) is 40.5 Å². The molecule has 1 aliphatic rings. The van der Waals surface area contributed by atoms with Crippen LogP contribution in [0.2, 0.25) is 0 Å². The maximum atomic E-state index is 13.5. The highest BCUT2D eigenvalue weighted by Gasteiger charge is 2.40. The van der Waals surface area contributed by atoms with Crippen LogP contribution in [0.15, 0.2) is 84.6 Å². The van der Waals surface area contributed by atoms with Crippen LogP contribution in [0.4, 0.5) is 4.39 Å². The third-order valence-electron chi connectivity index (χ3n) is 5.05. The zero-order valence-electron chi connectivity index (χ0n) is 15.5. The van der Waals surface area contributed by atoms with Gasteiger partial charge in [0, 0.05) is 12.1 Å². The lowest BCUT2D eigenvalue weighted by molar-refractivity contribution is -0.130. The van der Waals surface area contributed by atoms with Crippen LogP contribution < -0.4 is 0 Å². The van der Waals surface area contributed by atoms with E-state index in [1.807, 2.05) is 61.5 Å². The summed E-state index contributed by atoms with van der Waals surface area (Å²) in [6.45, 7) is 2.33. The van der Waals surface area contributed by atoms with Crippen LogP contribution in [0.1, 0.15) is 28.3 Å². The Labute approximate surface area is 163 Å². The zero-order valence-corrected chi connectivity index (χ0v) is 15.5. The number of hydrogen-bond donors (Lipinski definition) is 1. The summed E-state index contributed by atoms with van der Waals surface area (Å²) >= 11 is 0. The summed E-state index contributed by atoms with van der Waals surface area (Å²) in [5, 5.41) is 10.7. The van der Waals surface area contributed by atoms with Crippen molar-refractivity contribution in [3.63, 3.8) is 0 Å². The quantitative estimate of drug-likeness (QED) is 0.684. The van der Waals surface area contributed by atoms with E-state index in [0.29, 0.717) is 12.1 Å². The van der Waals surface area contributed by atoms with E-state index in [4.69, 9.17) is 0 Å². The predicted octanol–water partition coefficient (Wildman–Crippen LogP) is 5.19. The van der Waals surface area contributed by atoms with Crippen molar-refractivity contribution in [1.82, 2.24) is 4.90 Å². The summed E-state index contributed by atoms with van der Waals surface area (Å²) in [5.41, 5.74) is 4.13.